The topological polar surface area (TPSA) is 83.0 Å². The van der Waals surface area contributed by atoms with Gasteiger partial charge in [-0.25, -0.2) is 0 Å². The summed E-state index contributed by atoms with van der Waals surface area (Å²) in [5.74, 6) is -0.702. The molecule has 0 bridgehead atoms. The number of rotatable bonds is 10. The summed E-state index contributed by atoms with van der Waals surface area (Å²) in [5.41, 5.74) is 2.14. The van der Waals surface area contributed by atoms with E-state index >= 15 is 0 Å². The average molecular weight is 452 g/mol. The molecule has 1 N–H and O–H groups in total. The Hall–Kier alpha value is -3.19. The number of nitrogens with zero attached hydrogens (tertiary/aromatic N) is 3. The largest absolute Gasteiger partial charge is 0.507 e. The van der Waals surface area contributed by atoms with E-state index in [-0.39, 0.29) is 11.3 Å². The Balaban J connectivity index is 2.00. The van der Waals surface area contributed by atoms with E-state index in [4.69, 9.17) is 4.74 Å². The molecule has 0 spiro atoms. The molecule has 1 saturated heterocycles. The lowest BCUT2D eigenvalue weighted by Crippen LogP contribution is -2.32. The zero-order chi connectivity index (χ0) is 24.0. The molecule has 7 nitrogen and oxygen atoms in total. The van der Waals surface area contributed by atoms with Crippen LogP contribution in [-0.4, -0.2) is 65.4 Å². The number of carbonyl (C=O) groups excluding carboxylic acids is 2. The lowest BCUT2D eigenvalue weighted by molar-refractivity contribution is -0.139. The molecule has 0 radical (unpaired) electrons. The molecule has 1 aromatic carbocycles. The van der Waals surface area contributed by atoms with Crippen LogP contribution in [0.1, 0.15) is 48.9 Å². The normalized spacial score (nSPS) is 17.7. The van der Waals surface area contributed by atoms with Gasteiger partial charge in [0.1, 0.15) is 11.5 Å². The lowest BCUT2D eigenvalue weighted by atomic mass is 9.94. The Morgan fingerprint density at radius 3 is 2.52 bits per heavy atom. The lowest BCUT2D eigenvalue weighted by Gasteiger charge is -2.26. The molecule has 2 heterocycles. The first-order chi connectivity index (χ1) is 15.8. The molecule has 1 atom stereocenters. The molecule has 0 unspecified atom stereocenters. The van der Waals surface area contributed by atoms with Gasteiger partial charge in [-0.15, -0.1) is 0 Å². The predicted octanol–water partition coefficient (Wildman–Crippen LogP) is 3.94. The van der Waals surface area contributed by atoms with Crippen LogP contribution in [0.2, 0.25) is 0 Å². The number of hydrogen-bond donors (Lipinski definition) is 1. The van der Waals surface area contributed by atoms with Crippen LogP contribution in [0.3, 0.4) is 0 Å². The zero-order valence-corrected chi connectivity index (χ0v) is 19.9. The number of Topliss-reactive ketones (excluding diaryl/α,β-unsaturated/α-hetero) is 1. The van der Waals surface area contributed by atoms with Crippen molar-refractivity contribution >= 4 is 17.4 Å². The van der Waals surface area contributed by atoms with Crippen molar-refractivity contribution in [2.24, 2.45) is 0 Å². The molecule has 1 amide bonds. The smallest absolute Gasteiger partial charge is 0.295 e. The third-order valence-corrected chi connectivity index (χ3v) is 5.79. The van der Waals surface area contributed by atoms with Gasteiger partial charge in [-0.2, -0.15) is 0 Å². The van der Waals surface area contributed by atoms with Crippen LogP contribution in [0.4, 0.5) is 0 Å². The second kappa shape index (κ2) is 11.1. The van der Waals surface area contributed by atoms with Crippen molar-refractivity contribution in [2.75, 3.05) is 33.8 Å². The number of benzene rings is 1. The maximum absolute atomic E-state index is 13.1. The van der Waals surface area contributed by atoms with Crippen LogP contribution in [0, 0.1) is 6.92 Å². The van der Waals surface area contributed by atoms with E-state index in [1.54, 1.807) is 41.6 Å². The van der Waals surface area contributed by atoms with Crippen LogP contribution < -0.4 is 4.74 Å². The van der Waals surface area contributed by atoms with Crippen LogP contribution in [0.25, 0.3) is 5.76 Å². The number of unbranched alkanes of at least 4 members (excludes halogenated alkanes) is 1. The van der Waals surface area contributed by atoms with Gasteiger partial charge in [0.05, 0.1) is 18.2 Å². The monoisotopic (exact) mass is 451 g/mol. The number of aryl methyl sites for hydroxylation is 1. The molecular formula is C26H33N3O4. The molecule has 1 aliphatic rings. The number of pyridine rings is 1. The molecule has 0 aliphatic carbocycles. The molecular weight excluding hydrogens is 418 g/mol. The highest BCUT2D eigenvalue weighted by molar-refractivity contribution is 6.46. The second-order valence-electron chi connectivity index (χ2n) is 8.61. The molecule has 1 aromatic heterocycles. The number of ether oxygens (including phenoxy) is 1. The van der Waals surface area contributed by atoms with Gasteiger partial charge in [0.2, 0.25) is 0 Å². The minimum Gasteiger partial charge on any atom is -0.507 e. The molecule has 7 heteroatoms. The summed E-state index contributed by atoms with van der Waals surface area (Å²) in [4.78, 5) is 33.7. The van der Waals surface area contributed by atoms with Gasteiger partial charge in [-0.3, -0.25) is 14.6 Å². The highest BCUT2D eigenvalue weighted by atomic mass is 16.5. The van der Waals surface area contributed by atoms with Gasteiger partial charge in [0, 0.05) is 24.5 Å². The van der Waals surface area contributed by atoms with Crippen LogP contribution in [0.5, 0.6) is 5.75 Å². The molecule has 176 valence electrons. The van der Waals surface area contributed by atoms with Crippen molar-refractivity contribution in [1.29, 1.82) is 0 Å². The third kappa shape index (κ3) is 5.60. The zero-order valence-electron chi connectivity index (χ0n) is 19.9. The molecule has 2 aromatic rings. The summed E-state index contributed by atoms with van der Waals surface area (Å²) in [6, 6.07) is 8.27. The Kier molecular flexibility index (Phi) is 8.22. The van der Waals surface area contributed by atoms with E-state index in [0.29, 0.717) is 30.9 Å². The van der Waals surface area contributed by atoms with E-state index in [1.165, 1.54) is 0 Å². The van der Waals surface area contributed by atoms with Gasteiger partial charge in [0.25, 0.3) is 11.7 Å². The fourth-order valence-corrected chi connectivity index (χ4v) is 4.03. The van der Waals surface area contributed by atoms with Gasteiger partial charge >= 0.3 is 0 Å². The van der Waals surface area contributed by atoms with Crippen molar-refractivity contribution in [3.05, 3.63) is 65.0 Å². The Morgan fingerprint density at radius 2 is 1.88 bits per heavy atom. The SMILES string of the molecule is CCCCOc1ccc(/C(O)=C2\C(=O)C(=O)N(CCCN(C)C)[C@@H]2c2ccncc2)c(C)c1. The van der Waals surface area contributed by atoms with Crippen molar-refractivity contribution in [1.82, 2.24) is 14.8 Å². The van der Waals surface area contributed by atoms with Crippen molar-refractivity contribution < 1.29 is 19.4 Å². The number of amides is 1. The van der Waals surface area contributed by atoms with E-state index in [9.17, 15) is 14.7 Å². The highest BCUT2D eigenvalue weighted by Gasteiger charge is 2.45. The van der Waals surface area contributed by atoms with Gasteiger partial charge in [-0.1, -0.05) is 13.3 Å². The minimum absolute atomic E-state index is 0.110. The number of carbonyl (C=O) groups is 2. The Bertz CT molecular complexity index is 1020. The number of aliphatic hydroxyl groups is 1. The maximum atomic E-state index is 13.1. The average Bonchev–Trinajstić information content (AvgIpc) is 3.04. The number of likely N-dealkylation sites (tertiary alicyclic amines) is 1. The first-order valence-corrected chi connectivity index (χ1v) is 11.4. The van der Waals surface area contributed by atoms with Gasteiger partial charge in [0.15, 0.2) is 0 Å². The minimum atomic E-state index is -0.665. The Labute approximate surface area is 195 Å². The summed E-state index contributed by atoms with van der Waals surface area (Å²) in [5, 5.41) is 11.3. The highest BCUT2D eigenvalue weighted by Crippen LogP contribution is 2.40. The first kappa shape index (κ1) is 24.5. The fourth-order valence-electron chi connectivity index (χ4n) is 4.03. The van der Waals surface area contributed by atoms with Crippen LogP contribution in [0.15, 0.2) is 48.3 Å². The quantitative estimate of drug-likeness (QED) is 0.255. The molecule has 0 saturated carbocycles. The van der Waals surface area contributed by atoms with Crippen molar-refractivity contribution in [3.63, 3.8) is 0 Å². The molecule has 1 aliphatic heterocycles. The van der Waals surface area contributed by atoms with Gasteiger partial charge in [-0.05, 0) is 81.9 Å². The first-order valence-electron chi connectivity index (χ1n) is 11.4. The molecule has 3 rings (SSSR count). The van der Waals surface area contributed by atoms with E-state index in [0.717, 1.165) is 30.5 Å². The number of aliphatic hydroxyl groups excluding tert-OH is 1. The Morgan fingerprint density at radius 1 is 1.15 bits per heavy atom. The molecule has 33 heavy (non-hydrogen) atoms. The summed E-state index contributed by atoms with van der Waals surface area (Å²) < 4.78 is 5.76. The summed E-state index contributed by atoms with van der Waals surface area (Å²) in [6.45, 7) is 5.78. The summed E-state index contributed by atoms with van der Waals surface area (Å²) >= 11 is 0. The standard InChI is InChI=1S/C26H33N3O4/c1-5-6-16-33-20-8-9-21(18(2)17-20)24(30)22-23(19-10-12-27-13-11-19)29(26(32)25(22)31)15-7-14-28(3)4/h8-13,17,23,30H,5-7,14-16H2,1-4H3/b24-22+/t23-/m1/s1. The van der Waals surface area contributed by atoms with Crippen molar-refractivity contribution in [2.45, 2.75) is 39.2 Å². The van der Waals surface area contributed by atoms with Crippen LogP contribution in [-0.2, 0) is 9.59 Å². The summed E-state index contributed by atoms with van der Waals surface area (Å²) in [7, 11) is 3.93. The van der Waals surface area contributed by atoms with Gasteiger partial charge < -0.3 is 19.6 Å². The number of hydrogen-bond acceptors (Lipinski definition) is 6. The van der Waals surface area contributed by atoms with E-state index < -0.39 is 17.7 Å². The predicted molar refractivity (Wildman–Crippen MR) is 128 cm³/mol. The number of aromatic nitrogens is 1. The van der Waals surface area contributed by atoms with E-state index in [1.807, 2.05) is 32.0 Å². The second-order valence-corrected chi connectivity index (χ2v) is 8.61. The third-order valence-electron chi connectivity index (χ3n) is 5.79. The number of ketones is 1. The summed E-state index contributed by atoms with van der Waals surface area (Å²) in [6.07, 6.45) is 5.97. The molecule has 1 fully saturated rings. The fraction of sp³-hybridized carbons (Fsp3) is 0.423. The van der Waals surface area contributed by atoms with Crippen LogP contribution >= 0.6 is 0 Å². The maximum Gasteiger partial charge on any atom is 0.295 e. The van der Waals surface area contributed by atoms with Crippen molar-refractivity contribution in [3.8, 4) is 5.75 Å². The van der Waals surface area contributed by atoms with E-state index in [2.05, 4.69) is 11.9 Å².